The first-order chi connectivity index (χ1) is 11.0. The van der Waals surface area contributed by atoms with Crippen molar-refractivity contribution in [2.75, 3.05) is 0 Å². The lowest BCUT2D eigenvalue weighted by molar-refractivity contribution is 0.0677. The number of Topliss-reactive ketones (excluding diaryl/α,β-unsaturated/α-hetero) is 2. The molecule has 4 rings (SSSR count). The SMILES string of the molecule is O=C1c2c(c(O)c3ccccc3c2O)C(=O)C2C(Cl)CCCC12. The molecule has 0 aliphatic heterocycles. The van der Waals surface area contributed by atoms with Crippen LogP contribution in [0.15, 0.2) is 24.3 Å². The van der Waals surface area contributed by atoms with Crippen molar-refractivity contribution in [1.82, 2.24) is 0 Å². The number of phenols is 2. The second-order valence-corrected chi connectivity index (χ2v) is 6.86. The van der Waals surface area contributed by atoms with Gasteiger partial charge in [-0.2, -0.15) is 0 Å². The maximum Gasteiger partial charge on any atom is 0.172 e. The number of ketones is 2. The summed E-state index contributed by atoms with van der Waals surface area (Å²) in [7, 11) is 0. The maximum absolute atomic E-state index is 12.9. The zero-order chi connectivity index (χ0) is 16.3. The van der Waals surface area contributed by atoms with Crippen molar-refractivity contribution in [3.05, 3.63) is 35.4 Å². The quantitative estimate of drug-likeness (QED) is 0.571. The highest BCUT2D eigenvalue weighted by molar-refractivity contribution is 6.28. The normalized spacial score (nSPS) is 26.9. The molecule has 0 aromatic heterocycles. The topological polar surface area (TPSA) is 74.6 Å². The largest absolute Gasteiger partial charge is 0.507 e. The van der Waals surface area contributed by atoms with Gasteiger partial charge in [0.1, 0.15) is 11.5 Å². The minimum absolute atomic E-state index is 0.0433. The van der Waals surface area contributed by atoms with E-state index in [1.807, 2.05) is 0 Å². The number of halogens is 1. The van der Waals surface area contributed by atoms with Crippen LogP contribution in [-0.2, 0) is 0 Å². The van der Waals surface area contributed by atoms with Gasteiger partial charge < -0.3 is 10.2 Å². The van der Waals surface area contributed by atoms with Crippen LogP contribution in [0.2, 0.25) is 0 Å². The van der Waals surface area contributed by atoms with Crippen LogP contribution in [0.3, 0.4) is 0 Å². The van der Waals surface area contributed by atoms with Crippen molar-refractivity contribution >= 4 is 33.9 Å². The predicted molar refractivity (Wildman–Crippen MR) is 86.4 cm³/mol. The van der Waals surface area contributed by atoms with Crippen LogP contribution in [0.5, 0.6) is 11.5 Å². The van der Waals surface area contributed by atoms with Gasteiger partial charge in [-0.1, -0.05) is 30.7 Å². The number of aromatic hydroxyl groups is 2. The van der Waals surface area contributed by atoms with Crippen molar-refractivity contribution in [3.8, 4) is 11.5 Å². The molecule has 23 heavy (non-hydrogen) atoms. The molecule has 2 aromatic carbocycles. The number of alkyl halides is 1. The number of carbonyl (C=O) groups excluding carboxylic acids is 2. The number of carbonyl (C=O) groups is 2. The first kappa shape index (κ1) is 14.5. The van der Waals surface area contributed by atoms with Crippen LogP contribution in [-0.4, -0.2) is 27.2 Å². The van der Waals surface area contributed by atoms with Gasteiger partial charge in [-0.15, -0.1) is 11.6 Å². The molecule has 2 aliphatic rings. The highest BCUT2D eigenvalue weighted by Gasteiger charge is 2.49. The van der Waals surface area contributed by atoms with Crippen LogP contribution in [0.25, 0.3) is 10.8 Å². The Morgan fingerprint density at radius 1 is 0.913 bits per heavy atom. The van der Waals surface area contributed by atoms with E-state index < -0.39 is 17.2 Å². The van der Waals surface area contributed by atoms with E-state index in [1.54, 1.807) is 24.3 Å². The highest BCUT2D eigenvalue weighted by atomic mass is 35.5. The number of phenolic OH excluding ortho intramolecular Hbond substituents is 2. The molecule has 0 spiro atoms. The van der Waals surface area contributed by atoms with E-state index in [1.165, 1.54) is 0 Å². The smallest absolute Gasteiger partial charge is 0.172 e. The van der Waals surface area contributed by atoms with E-state index in [4.69, 9.17) is 11.6 Å². The molecule has 0 saturated heterocycles. The monoisotopic (exact) mass is 330 g/mol. The van der Waals surface area contributed by atoms with Crippen LogP contribution in [0.4, 0.5) is 0 Å². The summed E-state index contributed by atoms with van der Waals surface area (Å²) in [5.41, 5.74) is -0.113. The van der Waals surface area contributed by atoms with Gasteiger partial charge in [-0.3, -0.25) is 9.59 Å². The fourth-order valence-electron chi connectivity index (χ4n) is 4.02. The lowest BCUT2D eigenvalue weighted by Crippen LogP contribution is -2.44. The average Bonchev–Trinajstić information content (AvgIpc) is 2.55. The summed E-state index contributed by atoms with van der Waals surface area (Å²) >= 11 is 6.31. The molecule has 2 aliphatic carbocycles. The van der Waals surface area contributed by atoms with Crippen LogP contribution < -0.4 is 0 Å². The number of rotatable bonds is 0. The third-order valence-corrected chi connectivity index (χ3v) is 5.60. The van der Waals surface area contributed by atoms with Crippen LogP contribution in [0, 0.1) is 11.8 Å². The molecular weight excluding hydrogens is 316 g/mol. The molecule has 0 radical (unpaired) electrons. The molecule has 1 saturated carbocycles. The number of hydrogen-bond acceptors (Lipinski definition) is 4. The number of fused-ring (bicyclic) bond motifs is 3. The van der Waals surface area contributed by atoms with Gasteiger partial charge >= 0.3 is 0 Å². The van der Waals surface area contributed by atoms with Crippen LogP contribution >= 0.6 is 11.6 Å². The van der Waals surface area contributed by atoms with E-state index in [2.05, 4.69) is 0 Å². The first-order valence-electron chi connectivity index (χ1n) is 7.71. The zero-order valence-corrected chi connectivity index (χ0v) is 13.0. The van der Waals surface area contributed by atoms with E-state index in [9.17, 15) is 19.8 Å². The second kappa shape index (κ2) is 4.96. The van der Waals surface area contributed by atoms with Gasteiger partial charge in [0, 0.05) is 28.0 Å². The Kier molecular flexibility index (Phi) is 3.13. The van der Waals surface area contributed by atoms with Gasteiger partial charge in [0.15, 0.2) is 11.6 Å². The summed E-state index contributed by atoms with van der Waals surface area (Å²) in [6.07, 6.45) is 2.05. The summed E-state index contributed by atoms with van der Waals surface area (Å²) in [5, 5.41) is 21.4. The second-order valence-electron chi connectivity index (χ2n) is 6.30. The Bertz CT molecular complexity index is 858. The maximum atomic E-state index is 12.9. The molecule has 5 heteroatoms. The van der Waals surface area contributed by atoms with E-state index >= 15 is 0 Å². The van der Waals surface area contributed by atoms with Gasteiger partial charge in [0.2, 0.25) is 0 Å². The molecule has 0 amide bonds. The van der Waals surface area contributed by atoms with E-state index in [0.29, 0.717) is 23.6 Å². The fraction of sp³-hybridized carbons (Fsp3) is 0.333. The number of hydrogen-bond donors (Lipinski definition) is 2. The molecule has 0 heterocycles. The lowest BCUT2D eigenvalue weighted by Gasteiger charge is -2.37. The van der Waals surface area contributed by atoms with Gasteiger partial charge in [-0.25, -0.2) is 0 Å². The summed E-state index contributed by atoms with van der Waals surface area (Å²) in [6.45, 7) is 0. The molecule has 0 bridgehead atoms. The Morgan fingerprint density at radius 3 is 2.09 bits per heavy atom. The fourth-order valence-corrected chi connectivity index (χ4v) is 4.46. The van der Waals surface area contributed by atoms with E-state index in [-0.39, 0.29) is 34.2 Å². The van der Waals surface area contributed by atoms with Crippen molar-refractivity contribution in [2.45, 2.75) is 24.6 Å². The standard InChI is InChI=1S/C18H15ClO4/c19-11-7-3-6-10-12(11)18(23)14-13(17(10)22)15(20)8-4-1-2-5-9(8)16(14)21/h1-2,4-5,10-12,20-21H,3,6-7H2. The van der Waals surface area contributed by atoms with Crippen molar-refractivity contribution in [3.63, 3.8) is 0 Å². The van der Waals surface area contributed by atoms with Crippen molar-refractivity contribution in [1.29, 1.82) is 0 Å². The average molecular weight is 331 g/mol. The van der Waals surface area contributed by atoms with Crippen molar-refractivity contribution in [2.24, 2.45) is 11.8 Å². The Balaban J connectivity index is 2.07. The summed E-state index contributed by atoms with van der Waals surface area (Å²) in [6, 6.07) is 6.66. The van der Waals surface area contributed by atoms with Gasteiger partial charge in [-0.05, 0) is 12.8 Å². The Morgan fingerprint density at radius 2 is 1.48 bits per heavy atom. The Hall–Kier alpha value is -2.07. The summed E-state index contributed by atoms with van der Waals surface area (Å²) in [4.78, 5) is 25.8. The third kappa shape index (κ3) is 1.84. The minimum atomic E-state index is -0.614. The van der Waals surface area contributed by atoms with E-state index in [0.717, 1.165) is 6.42 Å². The zero-order valence-electron chi connectivity index (χ0n) is 12.3. The summed E-state index contributed by atoms with van der Waals surface area (Å²) < 4.78 is 0. The summed E-state index contributed by atoms with van der Waals surface area (Å²) in [5.74, 6) is -2.19. The molecule has 3 unspecified atom stereocenters. The number of benzene rings is 2. The van der Waals surface area contributed by atoms with Crippen molar-refractivity contribution < 1.29 is 19.8 Å². The molecule has 3 atom stereocenters. The predicted octanol–water partition coefficient (Wildman–Crippen LogP) is 3.65. The van der Waals surface area contributed by atoms with Gasteiger partial charge in [0.25, 0.3) is 0 Å². The molecule has 4 nitrogen and oxygen atoms in total. The van der Waals surface area contributed by atoms with Crippen LogP contribution in [0.1, 0.15) is 40.0 Å². The van der Waals surface area contributed by atoms with Gasteiger partial charge in [0.05, 0.1) is 11.1 Å². The molecule has 1 fully saturated rings. The first-order valence-corrected chi connectivity index (χ1v) is 8.15. The lowest BCUT2D eigenvalue weighted by atomic mass is 9.66. The Labute approximate surface area is 137 Å². The highest BCUT2D eigenvalue weighted by Crippen LogP contribution is 2.49. The minimum Gasteiger partial charge on any atom is -0.507 e. The molecule has 2 aromatic rings. The molecular formula is C18H15ClO4. The third-order valence-electron chi connectivity index (χ3n) is 5.11. The molecule has 2 N–H and O–H groups in total. The molecule has 118 valence electrons.